The third kappa shape index (κ3) is 3.90. The van der Waals surface area contributed by atoms with Crippen LogP contribution in [0.2, 0.25) is 0 Å². The quantitative estimate of drug-likeness (QED) is 0.450. The van der Waals surface area contributed by atoms with E-state index in [1.54, 1.807) is 11.0 Å². The molecule has 8 heteroatoms. The molecule has 1 aliphatic heterocycles. The van der Waals surface area contributed by atoms with Gasteiger partial charge in [0.05, 0.1) is 10.6 Å². The standard InChI is InChI=1S/C17H16BrN3O4/c18-13-10-12(21(23)24)6-7-14(13)19-8-3-9-20-15-4-1-2-5-16(15)25-11-17(20)22/h1-2,4-7,10,19H,3,8-9,11H2. The van der Waals surface area contributed by atoms with Gasteiger partial charge in [0.25, 0.3) is 11.6 Å². The number of rotatable bonds is 6. The first-order valence-corrected chi connectivity index (χ1v) is 8.55. The summed E-state index contributed by atoms with van der Waals surface area (Å²) in [6, 6.07) is 12.0. The molecule has 7 nitrogen and oxygen atoms in total. The second kappa shape index (κ2) is 7.52. The fraction of sp³-hybridized carbons (Fsp3) is 0.235. The Morgan fingerprint density at radius 2 is 2.08 bits per heavy atom. The van der Waals surface area contributed by atoms with Gasteiger partial charge in [0, 0.05) is 35.4 Å². The lowest BCUT2D eigenvalue weighted by molar-refractivity contribution is -0.384. The van der Waals surface area contributed by atoms with Crippen molar-refractivity contribution in [2.24, 2.45) is 0 Å². The zero-order valence-electron chi connectivity index (χ0n) is 13.3. The lowest BCUT2D eigenvalue weighted by Gasteiger charge is -2.29. The maximum Gasteiger partial charge on any atom is 0.270 e. The highest BCUT2D eigenvalue weighted by Crippen LogP contribution is 2.31. The van der Waals surface area contributed by atoms with Crippen molar-refractivity contribution in [3.05, 3.63) is 57.1 Å². The summed E-state index contributed by atoms with van der Waals surface area (Å²) in [5, 5.41) is 14.0. The number of benzene rings is 2. The van der Waals surface area contributed by atoms with Crippen LogP contribution in [0.25, 0.3) is 0 Å². The van der Waals surface area contributed by atoms with Crippen molar-refractivity contribution in [2.75, 3.05) is 29.9 Å². The summed E-state index contributed by atoms with van der Waals surface area (Å²) in [4.78, 5) is 24.1. The molecule has 0 spiro atoms. The van der Waals surface area contributed by atoms with E-state index in [4.69, 9.17) is 4.74 Å². The molecule has 25 heavy (non-hydrogen) atoms. The number of carbonyl (C=O) groups excluding carboxylic acids is 1. The van der Waals surface area contributed by atoms with E-state index < -0.39 is 4.92 Å². The Morgan fingerprint density at radius 3 is 2.84 bits per heavy atom. The molecule has 0 fully saturated rings. The number of amides is 1. The van der Waals surface area contributed by atoms with Crippen molar-refractivity contribution in [1.82, 2.24) is 0 Å². The van der Waals surface area contributed by atoms with Crippen LogP contribution in [0.4, 0.5) is 17.1 Å². The Labute approximate surface area is 152 Å². The summed E-state index contributed by atoms with van der Waals surface area (Å²) in [6.45, 7) is 1.25. The minimum absolute atomic E-state index is 0.0351. The molecule has 1 heterocycles. The van der Waals surface area contributed by atoms with Crippen LogP contribution in [-0.4, -0.2) is 30.5 Å². The highest BCUT2D eigenvalue weighted by Gasteiger charge is 2.24. The first-order chi connectivity index (χ1) is 12.1. The van der Waals surface area contributed by atoms with Gasteiger partial charge in [-0.05, 0) is 40.5 Å². The van der Waals surface area contributed by atoms with Gasteiger partial charge in [-0.15, -0.1) is 0 Å². The van der Waals surface area contributed by atoms with Gasteiger partial charge in [-0.3, -0.25) is 14.9 Å². The number of hydrogen-bond acceptors (Lipinski definition) is 5. The second-order valence-corrected chi connectivity index (χ2v) is 6.36. The summed E-state index contributed by atoms with van der Waals surface area (Å²) in [5.74, 6) is 0.656. The number of non-ortho nitro benzene ring substituents is 1. The van der Waals surface area contributed by atoms with Gasteiger partial charge in [-0.1, -0.05) is 12.1 Å². The number of para-hydroxylation sites is 2. The Hall–Kier alpha value is -2.61. The average molecular weight is 406 g/mol. The van der Waals surface area contributed by atoms with Gasteiger partial charge < -0.3 is 15.0 Å². The third-order valence-electron chi connectivity index (χ3n) is 3.85. The normalized spacial score (nSPS) is 13.2. The lowest BCUT2D eigenvalue weighted by Crippen LogP contribution is -2.39. The lowest BCUT2D eigenvalue weighted by atomic mass is 10.2. The fourth-order valence-electron chi connectivity index (χ4n) is 2.62. The highest BCUT2D eigenvalue weighted by atomic mass is 79.9. The molecule has 0 aliphatic carbocycles. The van der Waals surface area contributed by atoms with Gasteiger partial charge in [-0.2, -0.15) is 0 Å². The molecule has 2 aromatic carbocycles. The van der Waals surface area contributed by atoms with E-state index in [0.717, 1.165) is 17.8 Å². The van der Waals surface area contributed by atoms with Crippen molar-refractivity contribution in [3.63, 3.8) is 0 Å². The van der Waals surface area contributed by atoms with E-state index in [1.165, 1.54) is 12.1 Å². The number of hydrogen-bond donors (Lipinski definition) is 1. The van der Waals surface area contributed by atoms with E-state index in [2.05, 4.69) is 21.2 Å². The molecule has 0 saturated heterocycles. The minimum atomic E-state index is -0.435. The van der Waals surface area contributed by atoms with Gasteiger partial charge in [0.15, 0.2) is 6.61 Å². The monoisotopic (exact) mass is 405 g/mol. The Bertz CT molecular complexity index is 812. The molecule has 1 amide bonds. The van der Waals surface area contributed by atoms with Crippen LogP contribution in [0.15, 0.2) is 46.9 Å². The molecule has 0 unspecified atom stereocenters. The first kappa shape index (κ1) is 17.2. The molecule has 2 aromatic rings. The number of halogens is 1. The van der Waals surface area contributed by atoms with Crippen LogP contribution in [0.3, 0.4) is 0 Å². The van der Waals surface area contributed by atoms with E-state index in [9.17, 15) is 14.9 Å². The number of ether oxygens (including phenoxy) is 1. The molecule has 0 bridgehead atoms. The summed E-state index contributed by atoms with van der Waals surface area (Å²) >= 11 is 3.33. The van der Waals surface area contributed by atoms with Crippen molar-refractivity contribution >= 4 is 38.9 Å². The van der Waals surface area contributed by atoms with Crippen LogP contribution in [0.5, 0.6) is 5.75 Å². The molecular formula is C17H16BrN3O4. The van der Waals surface area contributed by atoms with Crippen LogP contribution < -0.4 is 15.0 Å². The summed E-state index contributed by atoms with van der Waals surface area (Å²) in [7, 11) is 0. The molecule has 0 aromatic heterocycles. The summed E-state index contributed by atoms with van der Waals surface area (Å²) < 4.78 is 6.05. The third-order valence-corrected chi connectivity index (χ3v) is 4.50. The van der Waals surface area contributed by atoms with E-state index in [0.29, 0.717) is 23.3 Å². The second-order valence-electron chi connectivity index (χ2n) is 5.50. The maximum atomic E-state index is 12.1. The molecular weight excluding hydrogens is 390 g/mol. The zero-order valence-corrected chi connectivity index (χ0v) is 14.9. The number of anilines is 2. The summed E-state index contributed by atoms with van der Waals surface area (Å²) in [6.07, 6.45) is 0.726. The molecule has 130 valence electrons. The minimum Gasteiger partial charge on any atom is -0.482 e. The molecule has 1 N–H and O–H groups in total. The Morgan fingerprint density at radius 1 is 1.28 bits per heavy atom. The number of nitrogens with one attached hydrogen (secondary N) is 1. The van der Waals surface area contributed by atoms with Crippen molar-refractivity contribution < 1.29 is 14.5 Å². The van der Waals surface area contributed by atoms with Crippen molar-refractivity contribution in [3.8, 4) is 5.75 Å². The van der Waals surface area contributed by atoms with Gasteiger partial charge in [0.1, 0.15) is 5.75 Å². The first-order valence-electron chi connectivity index (χ1n) is 7.76. The Kier molecular flexibility index (Phi) is 5.18. The number of fused-ring (bicyclic) bond motifs is 1. The van der Waals surface area contributed by atoms with Gasteiger partial charge in [-0.25, -0.2) is 0 Å². The predicted octanol–water partition coefficient (Wildman–Crippen LogP) is 3.58. The fourth-order valence-corrected chi connectivity index (χ4v) is 3.13. The van der Waals surface area contributed by atoms with E-state index >= 15 is 0 Å². The molecule has 0 radical (unpaired) electrons. The number of nitro groups is 1. The van der Waals surface area contributed by atoms with Crippen LogP contribution >= 0.6 is 15.9 Å². The molecule has 0 atom stereocenters. The largest absolute Gasteiger partial charge is 0.482 e. The van der Waals surface area contributed by atoms with Crippen LogP contribution in [0.1, 0.15) is 6.42 Å². The smallest absolute Gasteiger partial charge is 0.270 e. The number of nitrogens with zero attached hydrogens (tertiary/aromatic N) is 2. The van der Waals surface area contributed by atoms with Gasteiger partial charge >= 0.3 is 0 Å². The van der Waals surface area contributed by atoms with Crippen molar-refractivity contribution in [1.29, 1.82) is 0 Å². The highest BCUT2D eigenvalue weighted by molar-refractivity contribution is 9.10. The Balaban J connectivity index is 1.57. The molecule has 1 aliphatic rings. The zero-order chi connectivity index (χ0) is 17.8. The van der Waals surface area contributed by atoms with Crippen LogP contribution in [0, 0.1) is 10.1 Å². The number of carbonyl (C=O) groups is 1. The predicted molar refractivity (Wildman–Crippen MR) is 98.2 cm³/mol. The average Bonchev–Trinajstić information content (AvgIpc) is 2.61. The maximum absolute atomic E-state index is 12.1. The molecule has 0 saturated carbocycles. The van der Waals surface area contributed by atoms with Gasteiger partial charge in [0.2, 0.25) is 0 Å². The number of nitro benzene ring substituents is 1. The van der Waals surface area contributed by atoms with Crippen LogP contribution in [-0.2, 0) is 4.79 Å². The van der Waals surface area contributed by atoms with E-state index in [1.807, 2.05) is 24.3 Å². The van der Waals surface area contributed by atoms with E-state index in [-0.39, 0.29) is 18.2 Å². The topological polar surface area (TPSA) is 84.7 Å². The van der Waals surface area contributed by atoms with Crippen molar-refractivity contribution in [2.45, 2.75) is 6.42 Å². The SMILES string of the molecule is O=C1COc2ccccc2N1CCCNc1ccc([N+](=O)[O-])cc1Br. The molecule has 3 rings (SSSR count). The summed E-state index contributed by atoms with van der Waals surface area (Å²) in [5.41, 5.74) is 1.60.